The first-order valence-corrected chi connectivity index (χ1v) is 10.5. The topological polar surface area (TPSA) is 244 Å². The maximum Gasteiger partial charge on any atom is 0.336 e. The largest absolute Gasteiger partial charge is 0.481 e. The minimum atomic E-state index is -1.79. The van der Waals surface area contributed by atoms with Crippen LogP contribution in [0.1, 0.15) is 75.5 Å². The molecule has 2 rings (SSSR count). The lowest BCUT2D eigenvalue weighted by molar-refractivity contribution is -0.152. The van der Waals surface area contributed by atoms with Gasteiger partial charge in [-0.3, -0.25) is 4.79 Å². The zero-order valence-corrected chi connectivity index (χ0v) is 20.5. The van der Waals surface area contributed by atoms with Crippen LogP contribution >= 0.6 is 0 Å². The van der Waals surface area contributed by atoms with Gasteiger partial charge in [0.05, 0.1) is 28.7 Å². The Kier molecular flexibility index (Phi) is 20.5. The number of aromatic carboxylic acids is 4. The van der Waals surface area contributed by atoms with Gasteiger partial charge in [-0.1, -0.05) is 39.8 Å². The number of aliphatic carboxylic acids is 2. The molecule has 0 spiro atoms. The summed E-state index contributed by atoms with van der Waals surface area (Å²) in [5, 5.41) is 58.2. The molecule has 0 saturated carbocycles. The molecule has 7 N–H and O–H groups in total. The molecule has 0 amide bonds. The second kappa shape index (κ2) is 20.6. The Morgan fingerprint density at radius 3 is 1.03 bits per heavy atom. The lowest BCUT2D eigenvalue weighted by atomic mass is 10.1. The van der Waals surface area contributed by atoms with Crippen LogP contribution in [0.5, 0.6) is 0 Å². The third kappa shape index (κ3) is 16.5. The van der Waals surface area contributed by atoms with Crippen molar-refractivity contribution in [3.8, 4) is 0 Å². The van der Waals surface area contributed by atoms with Crippen molar-refractivity contribution in [1.29, 1.82) is 0 Å². The molecular weight excluding hydrogens is 496 g/mol. The minimum Gasteiger partial charge on any atom is -0.481 e. The Morgan fingerprint density at radius 2 is 0.865 bits per heavy atom. The fraction of sp³-hybridized carbons (Fsp3) is 0.250. The van der Waals surface area contributed by atoms with Gasteiger partial charge < -0.3 is 35.7 Å². The van der Waals surface area contributed by atoms with E-state index in [4.69, 9.17) is 35.7 Å². The number of aliphatic hydroxyl groups is 1. The van der Waals surface area contributed by atoms with Crippen LogP contribution in [0.2, 0.25) is 0 Å². The lowest BCUT2D eigenvalue weighted by Crippen LogP contribution is -2.22. The Labute approximate surface area is 211 Å². The molecule has 0 heterocycles. The Hall–Kier alpha value is -4.78. The van der Waals surface area contributed by atoms with E-state index in [0.717, 1.165) is 0 Å². The molecule has 0 aliphatic carbocycles. The maximum absolute atomic E-state index is 10.5. The number of benzene rings is 2. The highest BCUT2D eigenvalue weighted by molar-refractivity contribution is 6.01. The summed E-state index contributed by atoms with van der Waals surface area (Å²) in [5.41, 5.74) is -0.213. The third-order valence-corrected chi connectivity index (χ3v) is 3.42. The fourth-order valence-corrected chi connectivity index (χ4v) is 1.86. The van der Waals surface area contributed by atoms with Gasteiger partial charge in [0.15, 0.2) is 6.10 Å². The molecule has 2 aromatic rings. The number of hydrogen-bond donors (Lipinski definition) is 7. The van der Waals surface area contributed by atoms with E-state index in [9.17, 15) is 28.8 Å². The van der Waals surface area contributed by atoms with E-state index >= 15 is 0 Å². The normalized spacial score (nSPS) is 9.43. The molecule has 0 radical (unpaired) electrons. The Bertz CT molecular complexity index is 961. The van der Waals surface area contributed by atoms with Crippen molar-refractivity contribution in [2.75, 3.05) is 0 Å². The standard InChI is InChI=1S/2C8H6O4.C4H6O5.2C2H6/c9-7(10)5-1-2-6(4-3-5)8(11)12;9-7(10)5-3-1-2-4-6(5)8(11)12;5-2(4(8)9)1-3(6)7;2*1-2/h2*1-4H,(H,9,10)(H,11,12);2,5H,1H2,(H,6,7)(H,8,9);2*1-2H3. The number of carboxylic acid groups (broad SMARTS) is 6. The predicted octanol–water partition coefficient (Wildman–Crippen LogP) is 3.13. The van der Waals surface area contributed by atoms with Crippen LogP contribution in [0.25, 0.3) is 0 Å². The zero-order valence-electron chi connectivity index (χ0n) is 20.5. The fourth-order valence-electron chi connectivity index (χ4n) is 1.86. The maximum atomic E-state index is 10.5. The van der Waals surface area contributed by atoms with Gasteiger partial charge in [0.25, 0.3) is 0 Å². The van der Waals surface area contributed by atoms with Gasteiger partial charge in [0.1, 0.15) is 0 Å². The molecule has 0 aliphatic heterocycles. The first-order valence-electron chi connectivity index (χ1n) is 10.5. The molecule has 1 unspecified atom stereocenters. The molecule has 13 heteroatoms. The van der Waals surface area contributed by atoms with Gasteiger partial charge in [-0.25, -0.2) is 24.0 Å². The van der Waals surface area contributed by atoms with Crippen molar-refractivity contribution in [3.63, 3.8) is 0 Å². The average Bonchev–Trinajstić information content (AvgIpc) is 2.86. The summed E-state index contributed by atoms with van der Waals surface area (Å²) in [6, 6.07) is 10.5. The van der Waals surface area contributed by atoms with Crippen LogP contribution in [0.3, 0.4) is 0 Å². The van der Waals surface area contributed by atoms with E-state index in [2.05, 4.69) is 0 Å². The SMILES string of the molecule is CC.CC.O=C(O)CC(O)C(=O)O.O=C(O)c1ccc(C(=O)O)cc1.O=C(O)c1ccccc1C(=O)O. The number of rotatable bonds is 7. The molecule has 2 aromatic carbocycles. The molecule has 1 atom stereocenters. The first kappa shape index (κ1) is 36.8. The van der Waals surface area contributed by atoms with E-state index in [-0.39, 0.29) is 22.3 Å². The molecule has 0 saturated heterocycles. The van der Waals surface area contributed by atoms with Gasteiger partial charge in [0, 0.05) is 0 Å². The highest BCUT2D eigenvalue weighted by Gasteiger charge is 2.16. The summed E-state index contributed by atoms with van der Waals surface area (Å²) in [4.78, 5) is 61.0. The van der Waals surface area contributed by atoms with Crippen molar-refractivity contribution in [2.24, 2.45) is 0 Å². The zero-order chi connectivity index (χ0) is 29.7. The summed E-state index contributed by atoms with van der Waals surface area (Å²) in [7, 11) is 0. The predicted molar refractivity (Wildman–Crippen MR) is 129 cm³/mol. The molecule has 0 aliphatic rings. The smallest absolute Gasteiger partial charge is 0.336 e. The number of hydrogen-bond acceptors (Lipinski definition) is 7. The summed E-state index contributed by atoms with van der Waals surface area (Å²) < 4.78 is 0. The molecule has 0 bridgehead atoms. The van der Waals surface area contributed by atoms with E-state index in [1.165, 1.54) is 48.5 Å². The quantitative estimate of drug-likeness (QED) is 0.274. The Balaban J connectivity index is -0.000000443. The second-order valence-corrected chi connectivity index (χ2v) is 5.80. The van der Waals surface area contributed by atoms with Gasteiger partial charge in [-0.15, -0.1) is 0 Å². The molecule has 13 nitrogen and oxygen atoms in total. The monoisotopic (exact) mass is 526 g/mol. The number of carboxylic acids is 6. The summed E-state index contributed by atoms with van der Waals surface area (Å²) in [6.07, 6.45) is -2.54. The van der Waals surface area contributed by atoms with Gasteiger partial charge in [-0.05, 0) is 36.4 Å². The van der Waals surface area contributed by atoms with Crippen LogP contribution in [0, 0.1) is 0 Å². The number of carbonyl (C=O) groups is 6. The lowest BCUT2D eigenvalue weighted by Gasteiger charge is -1.98. The molecular formula is C24H30O13. The first-order chi connectivity index (χ1) is 17.3. The number of aliphatic hydroxyl groups excluding tert-OH is 1. The molecule has 0 aromatic heterocycles. The Morgan fingerprint density at radius 1 is 0.568 bits per heavy atom. The van der Waals surface area contributed by atoms with Crippen LogP contribution in [0.4, 0.5) is 0 Å². The van der Waals surface area contributed by atoms with Gasteiger partial charge in [-0.2, -0.15) is 0 Å². The van der Waals surface area contributed by atoms with Crippen molar-refractivity contribution >= 4 is 35.8 Å². The van der Waals surface area contributed by atoms with Crippen molar-refractivity contribution in [1.82, 2.24) is 0 Å². The van der Waals surface area contributed by atoms with Crippen molar-refractivity contribution < 1.29 is 64.5 Å². The van der Waals surface area contributed by atoms with Gasteiger partial charge in [0.2, 0.25) is 0 Å². The van der Waals surface area contributed by atoms with E-state index in [0.29, 0.717) is 0 Å². The molecule has 204 valence electrons. The van der Waals surface area contributed by atoms with Crippen LogP contribution in [-0.2, 0) is 9.59 Å². The van der Waals surface area contributed by atoms with E-state index in [1.54, 1.807) is 0 Å². The van der Waals surface area contributed by atoms with Crippen molar-refractivity contribution in [2.45, 2.75) is 40.2 Å². The summed E-state index contributed by atoms with van der Waals surface area (Å²) >= 11 is 0. The van der Waals surface area contributed by atoms with Crippen LogP contribution < -0.4 is 0 Å². The second-order valence-electron chi connectivity index (χ2n) is 5.80. The highest BCUT2D eigenvalue weighted by atomic mass is 16.4. The summed E-state index contributed by atoms with van der Waals surface area (Å²) in [5.74, 6) is -7.43. The van der Waals surface area contributed by atoms with E-state index < -0.39 is 48.3 Å². The third-order valence-electron chi connectivity index (χ3n) is 3.42. The molecule has 0 fully saturated rings. The average molecular weight is 526 g/mol. The van der Waals surface area contributed by atoms with E-state index in [1.807, 2.05) is 27.7 Å². The molecule has 37 heavy (non-hydrogen) atoms. The van der Waals surface area contributed by atoms with Crippen LogP contribution in [0.15, 0.2) is 48.5 Å². The van der Waals surface area contributed by atoms with Gasteiger partial charge >= 0.3 is 35.8 Å². The summed E-state index contributed by atoms with van der Waals surface area (Å²) in [6.45, 7) is 8.00. The highest BCUT2D eigenvalue weighted by Crippen LogP contribution is 2.08. The van der Waals surface area contributed by atoms with Crippen molar-refractivity contribution in [3.05, 3.63) is 70.8 Å². The minimum absolute atomic E-state index is 0.0833. The van der Waals surface area contributed by atoms with Crippen LogP contribution in [-0.4, -0.2) is 77.7 Å².